The van der Waals surface area contributed by atoms with Crippen molar-refractivity contribution in [2.75, 3.05) is 16.9 Å². The van der Waals surface area contributed by atoms with Gasteiger partial charge >= 0.3 is 0 Å². The van der Waals surface area contributed by atoms with Crippen LogP contribution < -0.4 is 5.32 Å². The number of rotatable bonds is 3. The number of anilines is 1. The third-order valence-corrected chi connectivity index (χ3v) is 4.61. The second kappa shape index (κ2) is 6.83. The van der Waals surface area contributed by atoms with E-state index >= 15 is 0 Å². The van der Waals surface area contributed by atoms with Gasteiger partial charge in [-0.3, -0.25) is 9.59 Å². The third-order valence-electron chi connectivity index (χ3n) is 3.60. The summed E-state index contributed by atoms with van der Waals surface area (Å²) in [6.45, 7) is 0. The molecule has 118 valence electrons. The summed E-state index contributed by atoms with van der Waals surface area (Å²) in [7, 11) is 0. The molecule has 1 aliphatic rings. The molecule has 2 aromatic carbocycles. The van der Waals surface area contributed by atoms with Crippen LogP contribution in [0.2, 0.25) is 0 Å². The molecule has 0 saturated carbocycles. The van der Waals surface area contributed by atoms with E-state index in [4.69, 9.17) is 0 Å². The number of thioether (sulfide) groups is 1. The van der Waals surface area contributed by atoms with Crippen LogP contribution in [0.1, 0.15) is 10.4 Å². The second-order valence-electron chi connectivity index (χ2n) is 5.13. The minimum atomic E-state index is -0.604. The number of carbonyl (C=O) groups is 2. The Balaban J connectivity index is 1.75. The van der Waals surface area contributed by atoms with E-state index in [2.05, 4.69) is 5.32 Å². The number of hydrogen-bond acceptors (Lipinski definition) is 3. The van der Waals surface area contributed by atoms with Crippen molar-refractivity contribution in [1.29, 1.82) is 0 Å². The fraction of sp³-hybridized carbons (Fsp3) is 0.176. The fourth-order valence-corrected chi connectivity index (χ4v) is 3.54. The maximum atomic E-state index is 13.7. The van der Waals surface area contributed by atoms with Crippen LogP contribution in [0.25, 0.3) is 0 Å². The Morgan fingerprint density at radius 3 is 2.52 bits per heavy atom. The van der Waals surface area contributed by atoms with Crippen molar-refractivity contribution < 1.29 is 14.0 Å². The highest BCUT2D eigenvalue weighted by Gasteiger charge is 2.35. The fourth-order valence-electron chi connectivity index (χ4n) is 2.39. The normalized spacial score (nSPS) is 17.1. The standard InChI is InChI=1S/C17H15FN2O2S/c18-13-8-4-5-9-14(13)19-16(21)15-10-23-11-20(15)17(22)12-6-2-1-3-7-12/h1-9,15H,10-11H2,(H,19,21)/t15-/m0/s1. The Hall–Kier alpha value is -2.34. The Morgan fingerprint density at radius 1 is 1.09 bits per heavy atom. The van der Waals surface area contributed by atoms with E-state index in [0.29, 0.717) is 17.2 Å². The van der Waals surface area contributed by atoms with Gasteiger partial charge in [0.1, 0.15) is 11.9 Å². The summed E-state index contributed by atoms with van der Waals surface area (Å²) in [5, 5.41) is 2.57. The molecule has 1 saturated heterocycles. The summed E-state index contributed by atoms with van der Waals surface area (Å²) in [5.41, 5.74) is 0.667. The highest BCUT2D eigenvalue weighted by molar-refractivity contribution is 7.99. The minimum absolute atomic E-state index is 0.126. The Bertz CT molecular complexity index is 724. The zero-order chi connectivity index (χ0) is 16.2. The molecular formula is C17H15FN2O2S. The molecule has 1 atom stereocenters. The number of carbonyl (C=O) groups excluding carboxylic acids is 2. The van der Waals surface area contributed by atoms with E-state index in [1.54, 1.807) is 36.4 Å². The molecule has 0 unspecified atom stereocenters. The van der Waals surface area contributed by atoms with E-state index in [1.165, 1.54) is 28.8 Å². The van der Waals surface area contributed by atoms with Crippen molar-refractivity contribution in [3.63, 3.8) is 0 Å². The first-order valence-corrected chi connectivity index (χ1v) is 8.31. The number of para-hydroxylation sites is 1. The molecule has 0 bridgehead atoms. The maximum absolute atomic E-state index is 13.7. The van der Waals surface area contributed by atoms with Crippen LogP contribution in [0.15, 0.2) is 54.6 Å². The lowest BCUT2D eigenvalue weighted by Gasteiger charge is -2.23. The van der Waals surface area contributed by atoms with Gasteiger partial charge in [-0.15, -0.1) is 11.8 Å². The van der Waals surface area contributed by atoms with E-state index in [1.807, 2.05) is 6.07 Å². The molecule has 2 amide bonds. The third kappa shape index (κ3) is 3.37. The summed E-state index contributed by atoms with van der Waals surface area (Å²) in [4.78, 5) is 26.5. The molecule has 23 heavy (non-hydrogen) atoms. The predicted octanol–water partition coefficient (Wildman–Crippen LogP) is 2.98. The highest BCUT2D eigenvalue weighted by Crippen LogP contribution is 2.24. The van der Waals surface area contributed by atoms with Gasteiger partial charge in [0.15, 0.2) is 0 Å². The second-order valence-corrected chi connectivity index (χ2v) is 6.13. The lowest BCUT2D eigenvalue weighted by molar-refractivity contribution is -0.119. The van der Waals surface area contributed by atoms with Gasteiger partial charge in [-0.25, -0.2) is 4.39 Å². The van der Waals surface area contributed by atoms with Crippen LogP contribution in [0.3, 0.4) is 0 Å². The number of hydrogen-bond donors (Lipinski definition) is 1. The Morgan fingerprint density at radius 2 is 1.78 bits per heavy atom. The van der Waals surface area contributed by atoms with E-state index < -0.39 is 11.9 Å². The van der Waals surface area contributed by atoms with Crippen LogP contribution in [0.4, 0.5) is 10.1 Å². The summed E-state index contributed by atoms with van der Waals surface area (Å²) in [5.74, 6) is -0.108. The largest absolute Gasteiger partial charge is 0.322 e. The number of benzene rings is 2. The van der Waals surface area contributed by atoms with Gasteiger partial charge in [0.05, 0.1) is 11.6 Å². The van der Waals surface area contributed by atoms with Crippen molar-refractivity contribution in [2.24, 2.45) is 0 Å². The van der Waals surface area contributed by atoms with Crippen molar-refractivity contribution in [1.82, 2.24) is 4.90 Å². The monoisotopic (exact) mass is 330 g/mol. The molecule has 4 nitrogen and oxygen atoms in total. The topological polar surface area (TPSA) is 49.4 Å². The van der Waals surface area contributed by atoms with E-state index in [0.717, 1.165) is 0 Å². The molecular weight excluding hydrogens is 315 g/mol. The van der Waals surface area contributed by atoms with Gasteiger partial charge < -0.3 is 10.2 Å². The average molecular weight is 330 g/mol. The molecule has 1 fully saturated rings. The molecule has 0 radical (unpaired) electrons. The van der Waals surface area contributed by atoms with Crippen molar-refractivity contribution >= 4 is 29.3 Å². The van der Waals surface area contributed by atoms with Crippen molar-refractivity contribution in [3.05, 3.63) is 66.0 Å². The van der Waals surface area contributed by atoms with Crippen LogP contribution in [-0.2, 0) is 4.79 Å². The summed E-state index contributed by atoms with van der Waals surface area (Å²) in [6, 6.07) is 14.2. The van der Waals surface area contributed by atoms with Crippen molar-refractivity contribution in [3.8, 4) is 0 Å². The SMILES string of the molecule is O=C(Nc1ccccc1F)[C@@H]1CSCN1C(=O)c1ccccc1. The van der Waals surface area contributed by atoms with Crippen LogP contribution in [0.5, 0.6) is 0 Å². The Kier molecular flexibility index (Phi) is 4.62. The Labute approximate surface area is 137 Å². The molecule has 1 heterocycles. The predicted molar refractivity (Wildman–Crippen MR) is 88.8 cm³/mol. The average Bonchev–Trinajstić information content (AvgIpc) is 3.07. The molecule has 0 aliphatic carbocycles. The van der Waals surface area contributed by atoms with Gasteiger partial charge in [-0.05, 0) is 24.3 Å². The number of halogens is 1. The quantitative estimate of drug-likeness (QED) is 0.941. The summed E-state index contributed by atoms with van der Waals surface area (Å²) < 4.78 is 13.7. The number of nitrogens with one attached hydrogen (secondary N) is 1. The molecule has 1 aliphatic heterocycles. The van der Waals surface area contributed by atoms with Gasteiger partial charge in [0.2, 0.25) is 5.91 Å². The summed E-state index contributed by atoms with van der Waals surface area (Å²) in [6.07, 6.45) is 0. The zero-order valence-corrected chi connectivity index (χ0v) is 13.1. The van der Waals surface area contributed by atoms with Crippen molar-refractivity contribution in [2.45, 2.75) is 6.04 Å². The van der Waals surface area contributed by atoms with Gasteiger partial charge in [0, 0.05) is 11.3 Å². The molecule has 6 heteroatoms. The maximum Gasteiger partial charge on any atom is 0.255 e. The van der Waals surface area contributed by atoms with Crippen LogP contribution >= 0.6 is 11.8 Å². The van der Waals surface area contributed by atoms with Crippen LogP contribution in [0, 0.1) is 5.82 Å². The highest BCUT2D eigenvalue weighted by atomic mass is 32.2. The first-order valence-electron chi connectivity index (χ1n) is 7.16. The molecule has 2 aromatic rings. The lowest BCUT2D eigenvalue weighted by atomic mass is 10.1. The molecule has 0 aromatic heterocycles. The van der Waals surface area contributed by atoms with E-state index in [-0.39, 0.29) is 17.5 Å². The zero-order valence-electron chi connectivity index (χ0n) is 12.2. The smallest absolute Gasteiger partial charge is 0.255 e. The van der Waals surface area contributed by atoms with Gasteiger partial charge in [-0.1, -0.05) is 30.3 Å². The lowest BCUT2D eigenvalue weighted by Crippen LogP contribution is -2.44. The van der Waals surface area contributed by atoms with Crippen LogP contribution in [-0.4, -0.2) is 34.4 Å². The minimum Gasteiger partial charge on any atom is -0.322 e. The van der Waals surface area contributed by atoms with Gasteiger partial charge in [-0.2, -0.15) is 0 Å². The summed E-state index contributed by atoms with van der Waals surface area (Å²) >= 11 is 1.51. The molecule has 1 N–H and O–H groups in total. The first-order chi connectivity index (χ1) is 11.2. The van der Waals surface area contributed by atoms with Gasteiger partial charge in [0.25, 0.3) is 5.91 Å². The molecule has 0 spiro atoms. The molecule has 3 rings (SSSR count). The first kappa shape index (κ1) is 15.6. The van der Waals surface area contributed by atoms with E-state index in [9.17, 15) is 14.0 Å². The number of nitrogens with zero attached hydrogens (tertiary/aromatic N) is 1. The number of amides is 2.